The third-order valence-electron chi connectivity index (χ3n) is 14.9. The minimum absolute atomic E-state index is 0.0406. The molecule has 0 saturated carbocycles. The Labute approximate surface area is 347 Å². The quantitative estimate of drug-likeness (QED) is 0.144. The number of fused-ring (bicyclic) bond motifs is 3. The molecule has 1 unspecified atom stereocenters. The summed E-state index contributed by atoms with van der Waals surface area (Å²) in [6.07, 6.45) is 8.13. The number of thioether (sulfide) groups is 1. The Balaban J connectivity index is 0.852. The summed E-state index contributed by atoms with van der Waals surface area (Å²) in [6.45, 7) is 14.8. The molecule has 8 heterocycles. The zero-order valence-electron chi connectivity index (χ0n) is 35.0. The highest BCUT2D eigenvalue weighted by molar-refractivity contribution is 8.08. The van der Waals surface area contributed by atoms with Gasteiger partial charge in [0.1, 0.15) is 24.4 Å². The number of ether oxygens (including phenoxy) is 7. The molecular formula is C44H68O13S. The maximum atomic E-state index is 11.7. The molecule has 8 fully saturated rings. The second-order valence-corrected chi connectivity index (χ2v) is 21.3. The SMILES string of the molecule is C=C1[C@@H](O)[C@@H]2O[C@]3(CC[C@H](/C=C/[C@@H](C)[C@@H]4C[C@@]5(C)S[C@H]5[C@@]5(OC(C[C@@](C)(O)C(=O)O)CC[C@H]5O)O4)O3)CC[C@H]2O[C@@H]1[C@@H](O)C[C@H](C)[C@H]1O[C@@]2(CCCCO2)CC[C@H]1C. The van der Waals surface area contributed by atoms with Gasteiger partial charge in [-0.1, -0.05) is 39.5 Å². The second kappa shape index (κ2) is 16.2. The number of carbonyl (C=O) groups is 1. The molecule has 8 aliphatic heterocycles. The average Bonchev–Trinajstić information content (AvgIpc) is 3.74. The van der Waals surface area contributed by atoms with Crippen LogP contribution < -0.4 is 0 Å². The maximum Gasteiger partial charge on any atom is 0.335 e. The van der Waals surface area contributed by atoms with E-state index in [2.05, 4.69) is 46.4 Å². The number of carboxylic acids is 1. The molecule has 14 heteroatoms. The number of aliphatic carboxylic acids is 1. The van der Waals surface area contributed by atoms with Crippen LogP contribution >= 0.6 is 11.8 Å². The Morgan fingerprint density at radius 3 is 2.50 bits per heavy atom. The van der Waals surface area contributed by atoms with Crippen molar-refractivity contribution in [1.82, 2.24) is 0 Å². The number of carboxylic acid groups (broad SMARTS) is 1. The van der Waals surface area contributed by atoms with E-state index in [1.165, 1.54) is 6.92 Å². The Hall–Kier alpha value is -1.14. The van der Waals surface area contributed by atoms with E-state index in [1.807, 2.05) is 0 Å². The van der Waals surface area contributed by atoms with Gasteiger partial charge in [-0.25, -0.2) is 4.79 Å². The number of hydrogen-bond acceptors (Lipinski definition) is 13. The van der Waals surface area contributed by atoms with E-state index in [1.54, 1.807) is 11.8 Å². The molecule has 0 aromatic rings. The highest BCUT2D eigenvalue weighted by Crippen LogP contribution is 2.67. The molecule has 328 valence electrons. The Morgan fingerprint density at radius 1 is 1.00 bits per heavy atom. The summed E-state index contributed by atoms with van der Waals surface area (Å²) in [5.74, 6) is -3.61. The molecular weight excluding hydrogens is 769 g/mol. The lowest BCUT2D eigenvalue weighted by molar-refractivity contribution is -0.350. The standard InChI is InChI=1S/C44H68O13S/c1-24(32-23-41(6)38(58-41)44(55-32)33(46)12-11-29(54-44)22-40(5,50)39(48)49)9-10-28-14-18-43(53-28)19-15-31-37(57-43)34(47)27(4)36(52-31)30(45)21-26(3)35-25(2)13-17-42(56-35)16-7-8-20-51-42/h9-10,24-26,28-38,45-47,50H,4,7-8,11-23H2,1-3,5-6H3,(H,48,49)/b10-9+/t24-,25-,26+,28+,29?,30+,31-,32+,33-,34-,35+,36+,37-,38-,40-,41-,42+,43-,44+/m1/s1. The molecule has 8 rings (SSSR count). The Bertz CT molecular complexity index is 1550. The van der Waals surface area contributed by atoms with E-state index < -0.39 is 71.7 Å². The molecule has 0 amide bonds. The zero-order chi connectivity index (χ0) is 41.4. The fraction of sp³-hybridized carbons (Fsp3) is 0.886. The Kier molecular flexibility index (Phi) is 12.2. The number of rotatable bonds is 10. The van der Waals surface area contributed by atoms with Crippen LogP contribution in [0.5, 0.6) is 0 Å². The van der Waals surface area contributed by atoms with Gasteiger partial charge in [0.15, 0.2) is 17.2 Å². The fourth-order valence-corrected chi connectivity index (χ4v) is 12.7. The summed E-state index contributed by atoms with van der Waals surface area (Å²) in [6, 6.07) is 0. The van der Waals surface area contributed by atoms with Gasteiger partial charge in [0.25, 0.3) is 0 Å². The predicted molar refractivity (Wildman–Crippen MR) is 214 cm³/mol. The molecule has 19 atom stereocenters. The van der Waals surface area contributed by atoms with Gasteiger partial charge >= 0.3 is 5.97 Å². The van der Waals surface area contributed by atoms with Crippen molar-refractivity contribution in [2.75, 3.05) is 6.61 Å². The first-order valence-corrected chi connectivity index (χ1v) is 23.0. The van der Waals surface area contributed by atoms with Crippen molar-refractivity contribution in [3.63, 3.8) is 0 Å². The number of hydrogen-bond donors (Lipinski definition) is 5. The zero-order valence-corrected chi connectivity index (χ0v) is 35.8. The van der Waals surface area contributed by atoms with E-state index in [0.717, 1.165) is 51.6 Å². The molecule has 8 aliphatic rings. The van der Waals surface area contributed by atoms with Crippen molar-refractivity contribution in [2.45, 2.75) is 219 Å². The van der Waals surface area contributed by atoms with Crippen LogP contribution in [0.3, 0.4) is 0 Å². The van der Waals surface area contributed by atoms with E-state index in [-0.39, 0.29) is 46.6 Å². The molecule has 0 radical (unpaired) electrons. The van der Waals surface area contributed by atoms with Crippen molar-refractivity contribution in [1.29, 1.82) is 0 Å². The first kappa shape index (κ1) is 43.5. The maximum absolute atomic E-state index is 11.7. The van der Waals surface area contributed by atoms with Crippen molar-refractivity contribution < 1.29 is 63.5 Å². The van der Waals surface area contributed by atoms with Gasteiger partial charge in [0, 0.05) is 42.8 Å². The summed E-state index contributed by atoms with van der Waals surface area (Å²) in [5.41, 5.74) is -1.52. The van der Waals surface area contributed by atoms with Crippen molar-refractivity contribution in [3.05, 3.63) is 24.3 Å². The summed E-state index contributed by atoms with van der Waals surface area (Å²) >= 11 is 1.72. The topological polar surface area (TPSA) is 183 Å². The molecule has 13 nitrogen and oxygen atoms in total. The number of aliphatic hydroxyl groups is 4. The number of aliphatic hydroxyl groups excluding tert-OH is 3. The van der Waals surface area contributed by atoms with Crippen LogP contribution in [-0.2, 0) is 38.0 Å². The van der Waals surface area contributed by atoms with Gasteiger partial charge in [-0.15, -0.1) is 11.8 Å². The second-order valence-electron chi connectivity index (χ2n) is 19.7. The minimum Gasteiger partial charge on any atom is -0.479 e. The van der Waals surface area contributed by atoms with Crippen molar-refractivity contribution >= 4 is 17.7 Å². The lowest BCUT2D eigenvalue weighted by atomic mass is 9.79. The molecule has 3 spiro atoms. The van der Waals surface area contributed by atoms with Crippen molar-refractivity contribution in [2.24, 2.45) is 17.8 Å². The molecule has 0 aromatic carbocycles. The van der Waals surface area contributed by atoms with Crippen LogP contribution in [0.15, 0.2) is 24.3 Å². The lowest BCUT2D eigenvalue weighted by Crippen LogP contribution is -2.63. The molecule has 0 aromatic heterocycles. The summed E-state index contributed by atoms with van der Waals surface area (Å²) < 4.78 is 45.6. The molecule has 0 aliphatic carbocycles. The van der Waals surface area contributed by atoms with E-state index in [9.17, 15) is 30.3 Å². The van der Waals surface area contributed by atoms with E-state index in [0.29, 0.717) is 50.0 Å². The largest absolute Gasteiger partial charge is 0.479 e. The first-order chi connectivity index (χ1) is 27.4. The molecule has 5 N–H and O–H groups in total. The van der Waals surface area contributed by atoms with Crippen LogP contribution in [0.2, 0.25) is 0 Å². The average molecular weight is 837 g/mol. The van der Waals surface area contributed by atoms with E-state index in [4.69, 9.17) is 33.2 Å². The smallest absolute Gasteiger partial charge is 0.335 e. The van der Waals surface area contributed by atoms with Crippen LogP contribution in [-0.4, -0.2) is 132 Å². The van der Waals surface area contributed by atoms with Crippen LogP contribution in [0.25, 0.3) is 0 Å². The van der Waals surface area contributed by atoms with Gasteiger partial charge in [-0.3, -0.25) is 0 Å². The van der Waals surface area contributed by atoms with Gasteiger partial charge < -0.3 is 58.7 Å². The summed E-state index contributed by atoms with van der Waals surface area (Å²) in [4.78, 5) is 11.7. The molecule has 8 saturated heterocycles. The van der Waals surface area contributed by atoms with Gasteiger partial charge in [0.2, 0.25) is 5.79 Å². The van der Waals surface area contributed by atoms with Gasteiger partial charge in [-0.2, -0.15) is 0 Å². The lowest BCUT2D eigenvalue weighted by Gasteiger charge is -2.50. The summed E-state index contributed by atoms with van der Waals surface area (Å²) in [7, 11) is 0. The van der Waals surface area contributed by atoms with Crippen molar-refractivity contribution in [3.8, 4) is 0 Å². The Morgan fingerprint density at radius 2 is 1.76 bits per heavy atom. The predicted octanol–water partition coefficient (Wildman–Crippen LogP) is 5.14. The third-order valence-corrected chi connectivity index (χ3v) is 16.7. The van der Waals surface area contributed by atoms with Gasteiger partial charge in [-0.05, 0) is 89.0 Å². The first-order valence-electron chi connectivity index (χ1n) is 22.1. The minimum atomic E-state index is -1.95. The fourth-order valence-electron chi connectivity index (χ4n) is 11.3. The van der Waals surface area contributed by atoms with Crippen LogP contribution in [0, 0.1) is 17.8 Å². The summed E-state index contributed by atoms with van der Waals surface area (Å²) in [5, 5.41) is 54.3. The van der Waals surface area contributed by atoms with Gasteiger partial charge in [0.05, 0.1) is 48.5 Å². The van der Waals surface area contributed by atoms with E-state index >= 15 is 0 Å². The van der Waals surface area contributed by atoms with Crippen LogP contribution in [0.1, 0.15) is 125 Å². The van der Waals surface area contributed by atoms with Crippen LogP contribution in [0.4, 0.5) is 0 Å². The molecule has 0 bridgehead atoms. The molecule has 58 heavy (non-hydrogen) atoms. The third kappa shape index (κ3) is 8.25. The highest BCUT2D eigenvalue weighted by atomic mass is 32.2. The highest BCUT2D eigenvalue weighted by Gasteiger charge is 2.72. The monoisotopic (exact) mass is 836 g/mol. The normalized spacial score (nSPS) is 49.3.